The number of rotatable bonds is 1. The highest BCUT2D eigenvalue weighted by atomic mass is 79.9. The van der Waals surface area contributed by atoms with Crippen molar-refractivity contribution in [3.8, 4) is 0 Å². The maximum absolute atomic E-state index is 3.49. The number of halogens is 1. The van der Waals surface area contributed by atoms with E-state index in [2.05, 4.69) is 58.0 Å². The molecule has 0 unspecified atom stereocenters. The first-order valence-corrected chi connectivity index (χ1v) is 5.22. The van der Waals surface area contributed by atoms with E-state index in [1.54, 1.807) is 0 Å². The van der Waals surface area contributed by atoms with Gasteiger partial charge in [0.2, 0.25) is 0 Å². The van der Waals surface area contributed by atoms with E-state index in [-0.39, 0.29) is 5.41 Å². The van der Waals surface area contributed by atoms with E-state index in [0.29, 0.717) is 0 Å². The van der Waals surface area contributed by atoms with Gasteiger partial charge in [-0.1, -0.05) is 35.0 Å². The largest absolute Gasteiger partial charge is 0.257 e. The Morgan fingerprint density at radius 2 is 2.00 bits per heavy atom. The molecule has 1 aliphatic rings. The molecule has 1 fully saturated rings. The average molecular weight is 241 g/mol. The lowest BCUT2D eigenvalue weighted by atomic mass is 9.84. The second-order valence-corrected chi connectivity index (χ2v) is 4.69. The summed E-state index contributed by atoms with van der Waals surface area (Å²) < 4.78 is 1.15. The lowest BCUT2D eigenvalue weighted by Crippen LogP contribution is -2.27. The minimum absolute atomic E-state index is 0.226. The predicted octanol–water partition coefficient (Wildman–Crippen LogP) is 1.81. The van der Waals surface area contributed by atoms with Gasteiger partial charge in [-0.2, -0.15) is 0 Å². The predicted molar refractivity (Wildman–Crippen MR) is 57.5 cm³/mol. The van der Waals surface area contributed by atoms with Crippen LogP contribution in [0.4, 0.5) is 0 Å². The maximum atomic E-state index is 3.49. The standard InChI is InChI=1S/C10H13BrN2/c1-10(6-12-13-7-10)8-3-2-4-9(11)5-8/h2-5,12-13H,6-7H2,1H3. The lowest BCUT2D eigenvalue weighted by molar-refractivity contribution is 0.553. The van der Waals surface area contributed by atoms with Gasteiger partial charge in [0.1, 0.15) is 0 Å². The molecule has 70 valence electrons. The van der Waals surface area contributed by atoms with Gasteiger partial charge < -0.3 is 0 Å². The molecular formula is C10H13BrN2. The molecule has 0 spiro atoms. The first kappa shape index (κ1) is 9.19. The smallest absolute Gasteiger partial charge is 0.0207 e. The van der Waals surface area contributed by atoms with Gasteiger partial charge >= 0.3 is 0 Å². The first-order chi connectivity index (χ1) is 6.21. The summed E-state index contributed by atoms with van der Waals surface area (Å²) in [6.07, 6.45) is 0. The molecule has 0 aliphatic carbocycles. The summed E-state index contributed by atoms with van der Waals surface area (Å²) in [4.78, 5) is 0. The number of benzene rings is 1. The van der Waals surface area contributed by atoms with Crippen LogP contribution in [0, 0.1) is 0 Å². The van der Waals surface area contributed by atoms with E-state index in [4.69, 9.17) is 0 Å². The van der Waals surface area contributed by atoms with Gasteiger partial charge in [0, 0.05) is 23.0 Å². The van der Waals surface area contributed by atoms with Crippen LogP contribution >= 0.6 is 15.9 Å². The molecule has 1 heterocycles. The Balaban J connectivity index is 2.33. The fourth-order valence-corrected chi connectivity index (χ4v) is 2.04. The van der Waals surface area contributed by atoms with Crippen molar-refractivity contribution < 1.29 is 0 Å². The molecule has 0 radical (unpaired) electrons. The average Bonchev–Trinajstić information content (AvgIpc) is 2.54. The molecule has 1 saturated heterocycles. The Labute approximate surface area is 86.8 Å². The fraction of sp³-hybridized carbons (Fsp3) is 0.400. The Morgan fingerprint density at radius 1 is 1.31 bits per heavy atom. The van der Waals surface area contributed by atoms with E-state index in [9.17, 15) is 0 Å². The minimum Gasteiger partial charge on any atom is -0.257 e. The van der Waals surface area contributed by atoms with Crippen molar-refractivity contribution in [2.45, 2.75) is 12.3 Å². The molecule has 0 aromatic heterocycles. The summed E-state index contributed by atoms with van der Waals surface area (Å²) >= 11 is 3.49. The van der Waals surface area contributed by atoms with Crippen LogP contribution in [0.3, 0.4) is 0 Å². The zero-order chi connectivity index (χ0) is 9.31. The van der Waals surface area contributed by atoms with Crippen LogP contribution in [0.25, 0.3) is 0 Å². The van der Waals surface area contributed by atoms with Gasteiger partial charge in [0.25, 0.3) is 0 Å². The van der Waals surface area contributed by atoms with Crippen molar-refractivity contribution >= 4 is 15.9 Å². The summed E-state index contributed by atoms with van der Waals surface area (Å²) in [6, 6.07) is 8.51. The Morgan fingerprint density at radius 3 is 2.62 bits per heavy atom. The highest BCUT2D eigenvalue weighted by Gasteiger charge is 2.30. The summed E-state index contributed by atoms with van der Waals surface area (Å²) in [7, 11) is 0. The summed E-state index contributed by atoms with van der Waals surface area (Å²) in [5.41, 5.74) is 7.93. The van der Waals surface area contributed by atoms with Gasteiger partial charge in [-0.25, -0.2) is 0 Å². The third kappa shape index (κ3) is 1.77. The van der Waals surface area contributed by atoms with Gasteiger partial charge in [0.15, 0.2) is 0 Å². The molecule has 1 aromatic rings. The Kier molecular flexibility index (Phi) is 2.41. The molecule has 2 rings (SSSR count). The first-order valence-electron chi connectivity index (χ1n) is 4.42. The van der Waals surface area contributed by atoms with Crippen molar-refractivity contribution in [3.05, 3.63) is 34.3 Å². The summed E-state index contributed by atoms with van der Waals surface area (Å²) in [5.74, 6) is 0. The van der Waals surface area contributed by atoms with Crippen LogP contribution in [0.1, 0.15) is 12.5 Å². The summed E-state index contributed by atoms with van der Waals surface area (Å²) in [6.45, 7) is 4.24. The molecule has 0 bridgehead atoms. The van der Waals surface area contributed by atoms with Crippen LogP contribution in [0.2, 0.25) is 0 Å². The number of hydrogen-bond donors (Lipinski definition) is 2. The van der Waals surface area contributed by atoms with Crippen molar-refractivity contribution in [1.29, 1.82) is 0 Å². The topological polar surface area (TPSA) is 24.1 Å². The fourth-order valence-electron chi connectivity index (χ4n) is 1.65. The molecule has 13 heavy (non-hydrogen) atoms. The maximum Gasteiger partial charge on any atom is 0.0207 e. The van der Waals surface area contributed by atoms with Crippen LogP contribution in [-0.4, -0.2) is 13.1 Å². The van der Waals surface area contributed by atoms with Crippen molar-refractivity contribution in [1.82, 2.24) is 10.9 Å². The van der Waals surface area contributed by atoms with Crippen molar-refractivity contribution in [2.24, 2.45) is 0 Å². The normalized spacial score (nSPS) is 20.5. The monoisotopic (exact) mass is 240 g/mol. The second kappa shape index (κ2) is 3.40. The number of hydrogen-bond acceptors (Lipinski definition) is 2. The molecule has 2 N–H and O–H groups in total. The van der Waals surface area contributed by atoms with Crippen molar-refractivity contribution in [2.75, 3.05) is 13.1 Å². The van der Waals surface area contributed by atoms with E-state index >= 15 is 0 Å². The SMILES string of the molecule is CC1(c2cccc(Br)c2)CNNC1. The van der Waals surface area contributed by atoms with E-state index in [1.807, 2.05) is 0 Å². The van der Waals surface area contributed by atoms with Crippen LogP contribution in [-0.2, 0) is 5.41 Å². The third-order valence-electron chi connectivity index (χ3n) is 2.60. The molecular weight excluding hydrogens is 228 g/mol. The van der Waals surface area contributed by atoms with E-state index < -0.39 is 0 Å². The van der Waals surface area contributed by atoms with Crippen LogP contribution in [0.15, 0.2) is 28.7 Å². The van der Waals surface area contributed by atoms with Gasteiger partial charge in [0.05, 0.1) is 0 Å². The molecule has 0 saturated carbocycles. The molecule has 1 aromatic carbocycles. The van der Waals surface area contributed by atoms with E-state index in [1.165, 1.54) is 5.56 Å². The summed E-state index contributed by atoms with van der Waals surface area (Å²) in [5, 5.41) is 0. The second-order valence-electron chi connectivity index (χ2n) is 3.78. The quantitative estimate of drug-likeness (QED) is 0.783. The molecule has 2 nitrogen and oxygen atoms in total. The molecule has 0 amide bonds. The minimum atomic E-state index is 0.226. The van der Waals surface area contributed by atoms with Crippen LogP contribution in [0.5, 0.6) is 0 Å². The highest BCUT2D eigenvalue weighted by Crippen LogP contribution is 2.26. The van der Waals surface area contributed by atoms with Gasteiger partial charge in [-0.3, -0.25) is 10.9 Å². The zero-order valence-electron chi connectivity index (χ0n) is 7.60. The van der Waals surface area contributed by atoms with Crippen LogP contribution < -0.4 is 10.9 Å². The molecule has 0 atom stereocenters. The molecule has 3 heteroatoms. The zero-order valence-corrected chi connectivity index (χ0v) is 9.19. The van der Waals surface area contributed by atoms with Gasteiger partial charge in [-0.15, -0.1) is 0 Å². The van der Waals surface area contributed by atoms with Crippen molar-refractivity contribution in [3.63, 3.8) is 0 Å². The lowest BCUT2D eigenvalue weighted by Gasteiger charge is -2.22. The molecule has 1 aliphatic heterocycles. The van der Waals surface area contributed by atoms with E-state index in [0.717, 1.165) is 17.6 Å². The third-order valence-corrected chi connectivity index (χ3v) is 3.10. The van der Waals surface area contributed by atoms with Gasteiger partial charge in [-0.05, 0) is 17.7 Å². The number of hydrazine groups is 1. The Bertz CT molecular complexity index is 306. The Hall–Kier alpha value is -0.380. The number of nitrogens with one attached hydrogen (secondary N) is 2. The highest BCUT2D eigenvalue weighted by molar-refractivity contribution is 9.10.